The first-order valence-corrected chi connectivity index (χ1v) is 10.2. The molecule has 2 aromatic carbocycles. The number of aliphatic hydroxyl groups is 1. The Morgan fingerprint density at radius 1 is 1.04 bits per heavy atom. The highest BCUT2D eigenvalue weighted by Gasteiger charge is 2.30. The normalized spacial score (nSPS) is 17.9. The standard InChI is InChI=1S/C23H28N2O3/c1-2-17(26)15-24-11-13-25(14-12-24)23(27)28-16-22-20-9-5-3-7-18(20)19-8-4-6-10-21(19)22/h3-10,17,22,26H,2,11-16H2,1H3. The Bertz CT molecular complexity index is 785. The number of carbonyl (C=O) groups is 1. The van der Waals surface area contributed by atoms with Crippen molar-refractivity contribution < 1.29 is 14.6 Å². The van der Waals surface area contributed by atoms with Gasteiger partial charge in [0.05, 0.1) is 6.10 Å². The molecule has 5 heteroatoms. The van der Waals surface area contributed by atoms with Gasteiger partial charge in [0, 0.05) is 38.6 Å². The van der Waals surface area contributed by atoms with Crippen LogP contribution >= 0.6 is 0 Å². The van der Waals surface area contributed by atoms with Crippen LogP contribution in [0.2, 0.25) is 0 Å². The van der Waals surface area contributed by atoms with Gasteiger partial charge >= 0.3 is 6.09 Å². The minimum Gasteiger partial charge on any atom is -0.448 e. The molecule has 1 heterocycles. The number of hydrogen-bond donors (Lipinski definition) is 1. The van der Waals surface area contributed by atoms with E-state index in [4.69, 9.17) is 4.74 Å². The van der Waals surface area contributed by atoms with E-state index in [1.165, 1.54) is 22.3 Å². The maximum Gasteiger partial charge on any atom is 0.409 e. The van der Waals surface area contributed by atoms with E-state index in [-0.39, 0.29) is 18.1 Å². The monoisotopic (exact) mass is 380 g/mol. The Morgan fingerprint density at radius 2 is 1.61 bits per heavy atom. The Hall–Kier alpha value is -2.37. The molecule has 0 spiro atoms. The smallest absolute Gasteiger partial charge is 0.409 e. The van der Waals surface area contributed by atoms with Crippen molar-refractivity contribution in [1.29, 1.82) is 0 Å². The summed E-state index contributed by atoms with van der Waals surface area (Å²) in [5.74, 6) is 0.0948. The molecule has 4 rings (SSSR count). The zero-order valence-corrected chi connectivity index (χ0v) is 16.4. The average Bonchev–Trinajstić information content (AvgIpc) is 3.06. The van der Waals surface area contributed by atoms with Gasteiger partial charge in [-0.1, -0.05) is 55.5 Å². The van der Waals surface area contributed by atoms with Gasteiger partial charge in [0.2, 0.25) is 0 Å². The topological polar surface area (TPSA) is 53.0 Å². The number of nitrogens with zero attached hydrogens (tertiary/aromatic N) is 2. The molecule has 1 saturated heterocycles. The van der Waals surface area contributed by atoms with Crippen molar-refractivity contribution in [1.82, 2.24) is 9.80 Å². The fraction of sp³-hybridized carbons (Fsp3) is 0.435. The van der Waals surface area contributed by atoms with E-state index in [2.05, 4.69) is 41.3 Å². The number of hydrogen-bond acceptors (Lipinski definition) is 4. The van der Waals surface area contributed by atoms with E-state index >= 15 is 0 Å². The molecule has 0 aromatic heterocycles. The zero-order chi connectivity index (χ0) is 19.5. The van der Waals surface area contributed by atoms with Gasteiger partial charge in [-0.2, -0.15) is 0 Å². The highest BCUT2D eigenvalue weighted by molar-refractivity contribution is 5.79. The number of benzene rings is 2. The molecule has 1 aliphatic carbocycles. The Labute approximate surface area is 166 Å². The van der Waals surface area contributed by atoms with Gasteiger partial charge in [0.25, 0.3) is 0 Å². The van der Waals surface area contributed by atoms with Crippen molar-refractivity contribution in [2.45, 2.75) is 25.4 Å². The molecule has 28 heavy (non-hydrogen) atoms. The predicted molar refractivity (Wildman–Crippen MR) is 109 cm³/mol. The summed E-state index contributed by atoms with van der Waals surface area (Å²) in [7, 11) is 0. The van der Waals surface area contributed by atoms with Gasteiger partial charge < -0.3 is 14.7 Å². The molecule has 2 aliphatic rings. The van der Waals surface area contributed by atoms with E-state index in [0.29, 0.717) is 26.2 Å². The third kappa shape index (κ3) is 3.77. The summed E-state index contributed by atoms with van der Waals surface area (Å²) in [5, 5.41) is 9.80. The lowest BCUT2D eigenvalue weighted by Crippen LogP contribution is -2.50. The van der Waals surface area contributed by atoms with Crippen LogP contribution in [-0.2, 0) is 4.74 Å². The summed E-state index contributed by atoms with van der Waals surface area (Å²) in [6, 6.07) is 16.7. The van der Waals surface area contributed by atoms with Crippen molar-refractivity contribution in [2.24, 2.45) is 0 Å². The van der Waals surface area contributed by atoms with Crippen LogP contribution in [0.3, 0.4) is 0 Å². The molecule has 1 N–H and O–H groups in total. The summed E-state index contributed by atoms with van der Waals surface area (Å²) >= 11 is 0. The van der Waals surface area contributed by atoms with Crippen LogP contribution in [0, 0.1) is 0 Å². The number of fused-ring (bicyclic) bond motifs is 3. The molecule has 2 aromatic rings. The molecule has 148 valence electrons. The van der Waals surface area contributed by atoms with Gasteiger partial charge in [0.15, 0.2) is 0 Å². The Morgan fingerprint density at radius 3 is 2.18 bits per heavy atom. The Balaban J connectivity index is 1.36. The molecule has 0 radical (unpaired) electrons. The summed E-state index contributed by atoms with van der Waals surface area (Å²) < 4.78 is 5.74. The number of carbonyl (C=O) groups excluding carboxylic acids is 1. The zero-order valence-electron chi connectivity index (χ0n) is 16.4. The molecule has 1 atom stereocenters. The van der Waals surface area contributed by atoms with Crippen molar-refractivity contribution in [3.63, 3.8) is 0 Å². The second kappa shape index (κ2) is 8.33. The molecular formula is C23H28N2O3. The average molecular weight is 380 g/mol. The summed E-state index contributed by atoms with van der Waals surface area (Å²) in [5.41, 5.74) is 4.94. The number of ether oxygens (including phenoxy) is 1. The predicted octanol–water partition coefficient (Wildman–Crippen LogP) is 3.32. The minimum absolute atomic E-state index is 0.0948. The second-order valence-electron chi connectivity index (χ2n) is 7.65. The van der Waals surface area contributed by atoms with Crippen LogP contribution in [-0.4, -0.2) is 66.4 Å². The van der Waals surface area contributed by atoms with Crippen LogP contribution in [0.5, 0.6) is 0 Å². The van der Waals surface area contributed by atoms with Gasteiger partial charge in [-0.05, 0) is 28.7 Å². The van der Waals surface area contributed by atoms with Crippen molar-refractivity contribution in [3.05, 3.63) is 59.7 Å². The third-order valence-electron chi connectivity index (χ3n) is 5.91. The molecule has 1 unspecified atom stereocenters. The van der Waals surface area contributed by atoms with Gasteiger partial charge in [-0.25, -0.2) is 4.79 Å². The van der Waals surface area contributed by atoms with E-state index < -0.39 is 0 Å². The maximum absolute atomic E-state index is 12.6. The molecule has 0 saturated carbocycles. The van der Waals surface area contributed by atoms with Crippen LogP contribution in [0.1, 0.15) is 30.4 Å². The van der Waals surface area contributed by atoms with Crippen LogP contribution in [0.15, 0.2) is 48.5 Å². The van der Waals surface area contributed by atoms with Gasteiger partial charge in [-0.15, -0.1) is 0 Å². The summed E-state index contributed by atoms with van der Waals surface area (Å²) in [6.07, 6.45) is 0.227. The highest BCUT2D eigenvalue weighted by Crippen LogP contribution is 2.44. The summed E-state index contributed by atoms with van der Waals surface area (Å²) in [4.78, 5) is 16.6. The molecule has 0 bridgehead atoms. The van der Waals surface area contributed by atoms with Crippen LogP contribution in [0.4, 0.5) is 4.79 Å². The fourth-order valence-corrected chi connectivity index (χ4v) is 4.23. The number of piperazine rings is 1. The van der Waals surface area contributed by atoms with E-state index in [1.54, 1.807) is 4.90 Å². The molecule has 1 aliphatic heterocycles. The number of aliphatic hydroxyl groups excluding tert-OH is 1. The van der Waals surface area contributed by atoms with Crippen LogP contribution < -0.4 is 0 Å². The van der Waals surface area contributed by atoms with Gasteiger partial charge in [-0.3, -0.25) is 4.90 Å². The van der Waals surface area contributed by atoms with Crippen LogP contribution in [0.25, 0.3) is 11.1 Å². The minimum atomic E-state index is -0.291. The number of rotatable bonds is 5. The van der Waals surface area contributed by atoms with Crippen molar-refractivity contribution in [2.75, 3.05) is 39.3 Å². The molecular weight excluding hydrogens is 352 g/mol. The van der Waals surface area contributed by atoms with Crippen molar-refractivity contribution in [3.8, 4) is 11.1 Å². The summed E-state index contributed by atoms with van der Waals surface area (Å²) in [6.45, 7) is 5.87. The van der Waals surface area contributed by atoms with Crippen molar-refractivity contribution >= 4 is 6.09 Å². The molecule has 1 fully saturated rings. The molecule has 5 nitrogen and oxygen atoms in total. The lowest BCUT2D eigenvalue weighted by Gasteiger charge is -2.35. The van der Waals surface area contributed by atoms with E-state index in [0.717, 1.165) is 19.5 Å². The number of β-amino-alcohol motifs (C(OH)–C–C–N with tert-alkyl or cyclic N) is 1. The lowest BCUT2D eigenvalue weighted by atomic mass is 9.98. The largest absolute Gasteiger partial charge is 0.448 e. The first-order valence-electron chi connectivity index (χ1n) is 10.2. The third-order valence-corrected chi connectivity index (χ3v) is 5.91. The fourth-order valence-electron chi connectivity index (χ4n) is 4.23. The SMILES string of the molecule is CCC(O)CN1CCN(C(=O)OCC2c3ccccc3-c3ccccc32)CC1. The maximum atomic E-state index is 12.6. The Kier molecular flexibility index (Phi) is 5.64. The highest BCUT2D eigenvalue weighted by atomic mass is 16.6. The quantitative estimate of drug-likeness (QED) is 0.865. The molecule has 1 amide bonds. The van der Waals surface area contributed by atoms with E-state index in [9.17, 15) is 9.90 Å². The second-order valence-corrected chi connectivity index (χ2v) is 7.65. The first-order chi connectivity index (χ1) is 13.7. The number of amides is 1. The first kappa shape index (κ1) is 19.0. The lowest BCUT2D eigenvalue weighted by molar-refractivity contribution is 0.0544. The van der Waals surface area contributed by atoms with E-state index in [1.807, 2.05) is 19.1 Å². The van der Waals surface area contributed by atoms with Gasteiger partial charge in [0.1, 0.15) is 6.61 Å².